The van der Waals surface area contributed by atoms with Crippen molar-refractivity contribution in [3.8, 4) is 0 Å². The summed E-state index contributed by atoms with van der Waals surface area (Å²) < 4.78 is 216. The summed E-state index contributed by atoms with van der Waals surface area (Å²) >= 11 is 3.16. The van der Waals surface area contributed by atoms with Gasteiger partial charge in [0.2, 0.25) is 0 Å². The number of alkyl halides is 10. The predicted octanol–water partition coefficient (Wildman–Crippen LogP) is 8.77. The number of carbonyl (C=O) groups is 3. The van der Waals surface area contributed by atoms with Crippen molar-refractivity contribution in [2.45, 2.75) is 141 Å². The van der Waals surface area contributed by atoms with Gasteiger partial charge in [-0.15, -0.1) is 23.5 Å². The number of esters is 3. The summed E-state index contributed by atoms with van der Waals surface area (Å²) in [5.41, 5.74) is -4.42. The van der Waals surface area contributed by atoms with E-state index in [4.69, 9.17) is 37.7 Å². The van der Waals surface area contributed by atoms with Crippen molar-refractivity contribution in [1.29, 1.82) is 0 Å². The maximum Gasteiger partial charge on any atom is 0.402 e. The van der Waals surface area contributed by atoms with Gasteiger partial charge in [-0.1, -0.05) is 0 Å². The average Bonchev–Trinajstić information content (AvgIpc) is 3.48. The molecular formula is C48H58F10O13S3. The van der Waals surface area contributed by atoms with Crippen LogP contribution in [0, 0.1) is 74.9 Å². The highest BCUT2D eigenvalue weighted by atomic mass is 32.2. The van der Waals surface area contributed by atoms with Crippen LogP contribution in [0.4, 0.5) is 43.9 Å². The van der Waals surface area contributed by atoms with Crippen molar-refractivity contribution in [2.75, 3.05) is 57.8 Å². The first-order valence-electron chi connectivity index (χ1n) is 25.6. The standard InChI is InChI=1S/C48H58F10O13S3/c49-41(50)18-68-46(69-19-42(41,51)52)28-1-25-2-29(46)11-38(7-25,10-28)34(59)65-16-37(17-66-35(60)39-8-26-3-30(12-39)47(31(4-26)13-39)70-20-43(53,54)44(55,56)21-71-47)23-72-48(73-24-37)32-5-27-6-33(48)15-40(9-27,14-32)36(61)67-22-45(57,58)74(62,63)64/h25-33H,1-24H2,(H,62,63,64). The van der Waals surface area contributed by atoms with Crippen LogP contribution in [-0.4, -0.2) is 133 Å². The van der Waals surface area contributed by atoms with E-state index in [1.54, 1.807) is 23.5 Å². The molecule has 12 aliphatic carbocycles. The summed E-state index contributed by atoms with van der Waals surface area (Å²) in [6, 6.07) is 0. The Bertz CT molecular complexity index is 2260. The Morgan fingerprint density at radius 2 is 0.797 bits per heavy atom. The lowest BCUT2D eigenvalue weighted by atomic mass is 9.47. The summed E-state index contributed by atoms with van der Waals surface area (Å²) in [5.74, 6) is -25.8. The van der Waals surface area contributed by atoms with Gasteiger partial charge in [0.05, 0.1) is 25.7 Å². The molecule has 15 aliphatic rings. The van der Waals surface area contributed by atoms with Gasteiger partial charge < -0.3 is 33.2 Å². The minimum absolute atomic E-state index is 0.0462. The number of ether oxygens (including phenoxy) is 7. The van der Waals surface area contributed by atoms with Gasteiger partial charge >= 0.3 is 57.0 Å². The molecule has 0 radical (unpaired) electrons. The van der Waals surface area contributed by atoms with E-state index in [1.165, 1.54) is 0 Å². The number of carbonyl (C=O) groups excluding carboxylic acids is 3. The van der Waals surface area contributed by atoms with Crippen LogP contribution >= 0.6 is 23.5 Å². The van der Waals surface area contributed by atoms with E-state index in [2.05, 4.69) is 0 Å². The first-order chi connectivity index (χ1) is 34.4. The molecule has 6 atom stereocenters. The molecule has 6 unspecified atom stereocenters. The number of rotatable bonds is 10. The molecule has 416 valence electrons. The maximum atomic E-state index is 14.7. The lowest BCUT2D eigenvalue weighted by Gasteiger charge is -2.65. The molecule has 1 N–H and O–H groups in total. The quantitative estimate of drug-likeness (QED) is 0.0953. The van der Waals surface area contributed by atoms with Crippen molar-refractivity contribution in [2.24, 2.45) is 74.9 Å². The van der Waals surface area contributed by atoms with Crippen LogP contribution in [0.15, 0.2) is 0 Å². The van der Waals surface area contributed by atoms with E-state index in [1.807, 2.05) is 0 Å². The Morgan fingerprint density at radius 3 is 1.12 bits per heavy atom. The zero-order valence-corrected chi connectivity index (χ0v) is 42.5. The molecule has 13 nitrogen and oxygen atoms in total. The number of hydrogen-bond acceptors (Lipinski definition) is 14. The zero-order valence-electron chi connectivity index (χ0n) is 40.0. The molecule has 3 aliphatic heterocycles. The highest BCUT2D eigenvalue weighted by Crippen LogP contribution is 2.73. The van der Waals surface area contributed by atoms with Gasteiger partial charge in [0, 0.05) is 35.2 Å². The van der Waals surface area contributed by atoms with Crippen molar-refractivity contribution in [1.82, 2.24) is 0 Å². The van der Waals surface area contributed by atoms with E-state index >= 15 is 0 Å². The number of hydrogen-bond donors (Lipinski definition) is 1. The fraction of sp³-hybridized carbons (Fsp3) is 0.938. The molecule has 74 heavy (non-hydrogen) atoms. The fourth-order valence-corrected chi connectivity index (χ4v) is 21.5. The summed E-state index contributed by atoms with van der Waals surface area (Å²) in [5, 5.41) is -4.70. The fourth-order valence-electron chi connectivity index (χ4n) is 17.2. The first-order valence-corrected chi connectivity index (χ1v) is 29.0. The van der Waals surface area contributed by atoms with Crippen LogP contribution in [0.3, 0.4) is 0 Å². The van der Waals surface area contributed by atoms with Crippen molar-refractivity contribution in [3.05, 3.63) is 0 Å². The first kappa shape index (κ1) is 52.8. The molecule has 15 fully saturated rings. The van der Waals surface area contributed by atoms with Gasteiger partial charge in [-0.2, -0.15) is 52.3 Å². The van der Waals surface area contributed by atoms with Crippen LogP contribution < -0.4 is 0 Å². The Kier molecular flexibility index (Phi) is 11.9. The summed E-state index contributed by atoms with van der Waals surface area (Å²) in [6.45, 7) is -8.48. The van der Waals surface area contributed by atoms with Gasteiger partial charge in [-0.05, 0) is 126 Å². The van der Waals surface area contributed by atoms with E-state index < -0.39 is 151 Å². The van der Waals surface area contributed by atoms with Gasteiger partial charge in [0.15, 0.2) is 18.2 Å². The average molecular weight is 1130 g/mol. The lowest BCUT2D eigenvalue weighted by Crippen LogP contribution is -2.65. The topological polar surface area (TPSA) is 170 Å². The number of halogens is 10. The lowest BCUT2D eigenvalue weighted by molar-refractivity contribution is -0.346. The molecule has 0 aromatic carbocycles. The monoisotopic (exact) mass is 1130 g/mol. The molecule has 0 amide bonds. The van der Waals surface area contributed by atoms with Crippen LogP contribution in [0.25, 0.3) is 0 Å². The maximum absolute atomic E-state index is 14.7. The molecule has 0 aromatic rings. The summed E-state index contributed by atoms with van der Waals surface area (Å²) in [7, 11) is -5.85. The van der Waals surface area contributed by atoms with Crippen LogP contribution in [-0.2, 0) is 57.7 Å². The molecule has 26 heteroatoms. The molecule has 12 saturated carbocycles. The summed E-state index contributed by atoms with van der Waals surface area (Å²) in [6.07, 6.45) is 5.13. The van der Waals surface area contributed by atoms with Crippen LogP contribution in [0.1, 0.15) is 96.3 Å². The largest absolute Gasteiger partial charge is 0.464 e. The number of thioether (sulfide) groups is 2. The van der Waals surface area contributed by atoms with E-state index in [0.717, 1.165) is 0 Å². The SMILES string of the molecule is O=C(OCC1(COC(=O)C23CC4CC(C2)C2(OCC(F)(F)C(F)(F)CO2)C(C4)C3)CSC2(SC1)C1CC3CC2CC(C(=O)OCC(F)(F)S(=O)(=O)O)(C3)C1)C12CC3CC(C1)C1(OCC(F)(F)C(F)(F)CO1)C(C3)C2. The zero-order chi connectivity index (χ0) is 52.8. The predicted molar refractivity (Wildman–Crippen MR) is 236 cm³/mol. The van der Waals surface area contributed by atoms with Gasteiger partial charge in [-0.25, -0.2) is 0 Å². The second-order valence-electron chi connectivity index (χ2n) is 24.9. The highest BCUT2D eigenvalue weighted by molar-refractivity contribution is 8.18. The van der Waals surface area contributed by atoms with Crippen molar-refractivity contribution < 1.29 is 104 Å². The Hall–Kier alpha value is -1.84. The smallest absolute Gasteiger partial charge is 0.402 e. The minimum Gasteiger partial charge on any atom is -0.464 e. The minimum atomic E-state index is -5.85. The molecular weight excluding hydrogens is 1070 g/mol. The Balaban J connectivity index is 0.775. The normalized spacial score (nSPS) is 46.1. The van der Waals surface area contributed by atoms with E-state index in [-0.39, 0.29) is 92.8 Å². The second kappa shape index (κ2) is 16.6. The van der Waals surface area contributed by atoms with Crippen molar-refractivity contribution in [3.63, 3.8) is 0 Å². The highest BCUT2D eigenvalue weighted by Gasteiger charge is 2.74. The molecule has 3 heterocycles. The third-order valence-electron chi connectivity index (χ3n) is 20.2. The van der Waals surface area contributed by atoms with Gasteiger partial charge in [0.1, 0.15) is 39.6 Å². The Morgan fingerprint density at radius 1 is 0.500 bits per heavy atom. The third kappa shape index (κ3) is 7.74. The molecule has 0 aromatic heterocycles. The van der Waals surface area contributed by atoms with Crippen LogP contribution in [0.5, 0.6) is 0 Å². The van der Waals surface area contributed by atoms with Gasteiger partial charge in [-0.3, -0.25) is 18.9 Å². The molecule has 3 saturated heterocycles. The molecule has 3 spiro atoms. The Labute approximate surface area is 428 Å². The van der Waals surface area contributed by atoms with E-state index in [9.17, 15) is 66.7 Å². The third-order valence-corrected chi connectivity index (χ3v) is 25.6. The van der Waals surface area contributed by atoms with Gasteiger partial charge in [0.25, 0.3) is 0 Å². The van der Waals surface area contributed by atoms with E-state index in [0.29, 0.717) is 57.8 Å². The molecule has 12 bridgehead atoms. The van der Waals surface area contributed by atoms with Crippen molar-refractivity contribution >= 4 is 51.5 Å². The second-order valence-corrected chi connectivity index (χ2v) is 29.2. The molecule has 15 rings (SSSR count). The summed E-state index contributed by atoms with van der Waals surface area (Å²) in [4.78, 5) is 43.0. The van der Waals surface area contributed by atoms with Crippen LogP contribution in [0.2, 0.25) is 0 Å².